The van der Waals surface area contributed by atoms with Crippen molar-refractivity contribution < 1.29 is 57.8 Å². The van der Waals surface area contributed by atoms with Gasteiger partial charge in [0.2, 0.25) is 11.6 Å². The number of Topliss-reactive ketones (excluding diaryl/α,β-unsaturated/α-hetero) is 2. The van der Waals surface area contributed by atoms with Gasteiger partial charge >= 0.3 is 11.9 Å². The van der Waals surface area contributed by atoms with Gasteiger partial charge in [-0.15, -0.1) is 0 Å². The summed E-state index contributed by atoms with van der Waals surface area (Å²) in [4.78, 5) is 52.8. The molecule has 3 rings (SSSR count). The fourth-order valence-corrected chi connectivity index (χ4v) is 5.14. The van der Waals surface area contributed by atoms with Gasteiger partial charge in [0, 0.05) is 11.8 Å². The number of ether oxygens (including phenoxy) is 6. The van der Waals surface area contributed by atoms with Crippen LogP contribution in [0.25, 0.3) is 0 Å². The molecule has 0 heterocycles. The van der Waals surface area contributed by atoms with Crippen LogP contribution in [-0.4, -0.2) is 74.4 Å². The topological polar surface area (TPSA) is 164 Å². The molecule has 1 aliphatic carbocycles. The number of esters is 2. The highest BCUT2D eigenvalue weighted by molar-refractivity contribution is 6.24. The van der Waals surface area contributed by atoms with Crippen molar-refractivity contribution in [3.05, 3.63) is 70.2 Å². The molecule has 248 valence electrons. The van der Waals surface area contributed by atoms with Gasteiger partial charge in [0.15, 0.2) is 34.5 Å². The van der Waals surface area contributed by atoms with Crippen molar-refractivity contribution in [3.63, 3.8) is 0 Å². The molecule has 2 aromatic carbocycles. The van der Waals surface area contributed by atoms with E-state index in [0.29, 0.717) is 22.6 Å². The van der Waals surface area contributed by atoms with E-state index in [1.807, 2.05) is 27.7 Å². The van der Waals surface area contributed by atoms with Crippen LogP contribution < -0.4 is 18.9 Å². The standard InChI is InChI=1S/C34H40O12/c1-17(2)45-23-11-9-19(13-25(23)41-5)21(15-27(35)43-7)29-31(37)33(39)30(34(40)32(29)38)22(16-28(36)44-8)20-10-12-24(46-18(3)4)26(14-20)42-6/h9-14,17-18,21-22,37,40H,15-16H2,1-8H3. The molecule has 46 heavy (non-hydrogen) atoms. The van der Waals surface area contributed by atoms with Crippen molar-refractivity contribution in [1.29, 1.82) is 0 Å². The van der Waals surface area contributed by atoms with Crippen LogP contribution in [0.5, 0.6) is 23.0 Å². The molecule has 0 fully saturated rings. The number of hydrogen-bond donors (Lipinski definition) is 2. The Labute approximate surface area is 267 Å². The molecule has 12 nitrogen and oxygen atoms in total. The van der Waals surface area contributed by atoms with Gasteiger partial charge in [-0.05, 0) is 63.1 Å². The molecule has 0 amide bonds. The first-order valence-corrected chi connectivity index (χ1v) is 14.6. The minimum Gasteiger partial charge on any atom is -0.504 e. The third-order valence-electron chi connectivity index (χ3n) is 7.23. The Bertz CT molecular complexity index is 1430. The predicted molar refractivity (Wildman–Crippen MR) is 166 cm³/mol. The number of benzene rings is 2. The second-order valence-corrected chi connectivity index (χ2v) is 11.0. The minimum atomic E-state index is -1.23. The molecular formula is C34H40O12. The van der Waals surface area contributed by atoms with Crippen molar-refractivity contribution in [2.24, 2.45) is 0 Å². The van der Waals surface area contributed by atoms with E-state index in [1.54, 1.807) is 24.3 Å². The van der Waals surface area contributed by atoms with E-state index in [-0.39, 0.29) is 23.7 Å². The lowest BCUT2D eigenvalue weighted by Gasteiger charge is -2.28. The SMILES string of the molecule is COC(=O)CC(C1=C(O)C(=O)C(C(CC(=O)OC)c2ccc(OC(C)C)c(OC)c2)=C(O)C1=O)c1ccc(OC(C)C)c(OC)c1. The highest BCUT2D eigenvalue weighted by Gasteiger charge is 2.43. The zero-order valence-corrected chi connectivity index (χ0v) is 27.2. The zero-order chi connectivity index (χ0) is 34.3. The first kappa shape index (κ1) is 35.5. The predicted octanol–water partition coefficient (Wildman–Crippen LogP) is 5.05. The number of carbonyl (C=O) groups is 4. The maximum Gasteiger partial charge on any atom is 0.306 e. The van der Waals surface area contributed by atoms with E-state index in [1.165, 1.54) is 26.4 Å². The number of allylic oxidation sites excluding steroid dienone is 2. The molecule has 0 saturated heterocycles. The summed E-state index contributed by atoms with van der Waals surface area (Å²) in [7, 11) is 5.12. The maximum absolute atomic E-state index is 13.9. The van der Waals surface area contributed by atoms with E-state index in [4.69, 9.17) is 28.4 Å². The Morgan fingerprint density at radius 2 is 0.957 bits per heavy atom. The lowest BCUT2D eigenvalue weighted by Crippen LogP contribution is -2.31. The third-order valence-corrected chi connectivity index (χ3v) is 7.23. The van der Waals surface area contributed by atoms with Crippen molar-refractivity contribution >= 4 is 23.5 Å². The first-order chi connectivity index (χ1) is 21.8. The van der Waals surface area contributed by atoms with Gasteiger partial charge in [0.1, 0.15) is 0 Å². The summed E-state index contributed by atoms with van der Waals surface area (Å²) in [5, 5.41) is 22.7. The quantitative estimate of drug-likeness (QED) is 0.209. The fourth-order valence-electron chi connectivity index (χ4n) is 5.14. The largest absolute Gasteiger partial charge is 0.504 e. The number of aliphatic hydroxyl groups excluding tert-OH is 2. The summed E-state index contributed by atoms with van der Waals surface area (Å²) >= 11 is 0. The molecule has 1 aliphatic rings. The molecule has 0 saturated carbocycles. The molecule has 2 N–H and O–H groups in total. The Balaban J connectivity index is 2.19. The van der Waals surface area contributed by atoms with Gasteiger partial charge < -0.3 is 38.6 Å². The van der Waals surface area contributed by atoms with Crippen molar-refractivity contribution in [3.8, 4) is 23.0 Å². The summed E-state index contributed by atoms with van der Waals surface area (Å²) < 4.78 is 32.1. The lowest BCUT2D eigenvalue weighted by molar-refractivity contribution is -0.142. The Morgan fingerprint density at radius 3 is 1.24 bits per heavy atom. The number of rotatable bonds is 14. The summed E-state index contributed by atoms with van der Waals surface area (Å²) in [5.41, 5.74) is -0.444. The summed E-state index contributed by atoms with van der Waals surface area (Å²) in [6.45, 7) is 7.30. The van der Waals surface area contributed by atoms with Crippen LogP contribution in [0.1, 0.15) is 63.5 Å². The lowest BCUT2D eigenvalue weighted by atomic mass is 9.75. The van der Waals surface area contributed by atoms with E-state index in [0.717, 1.165) is 14.2 Å². The van der Waals surface area contributed by atoms with E-state index < -0.39 is 70.8 Å². The van der Waals surface area contributed by atoms with Crippen LogP contribution in [-0.2, 0) is 28.7 Å². The molecule has 0 bridgehead atoms. The average Bonchev–Trinajstić information content (AvgIpc) is 3.02. The molecule has 0 aliphatic heterocycles. The van der Waals surface area contributed by atoms with Crippen molar-refractivity contribution in [1.82, 2.24) is 0 Å². The Kier molecular flexibility index (Phi) is 11.8. The molecule has 12 heteroatoms. The number of methoxy groups -OCH3 is 4. The van der Waals surface area contributed by atoms with Gasteiger partial charge in [0.25, 0.3) is 0 Å². The van der Waals surface area contributed by atoms with Crippen LogP contribution in [0.4, 0.5) is 0 Å². The number of ketones is 2. The average molecular weight is 641 g/mol. The van der Waals surface area contributed by atoms with Gasteiger partial charge in [-0.25, -0.2) is 0 Å². The van der Waals surface area contributed by atoms with Gasteiger partial charge in [-0.1, -0.05) is 12.1 Å². The second-order valence-electron chi connectivity index (χ2n) is 11.0. The zero-order valence-electron chi connectivity index (χ0n) is 27.2. The molecule has 2 aromatic rings. The van der Waals surface area contributed by atoms with Crippen LogP contribution in [0.3, 0.4) is 0 Å². The van der Waals surface area contributed by atoms with Crippen molar-refractivity contribution in [2.75, 3.05) is 28.4 Å². The van der Waals surface area contributed by atoms with E-state index in [2.05, 4.69) is 0 Å². The van der Waals surface area contributed by atoms with Gasteiger partial charge in [-0.3, -0.25) is 19.2 Å². The smallest absolute Gasteiger partial charge is 0.306 e. The van der Waals surface area contributed by atoms with Crippen LogP contribution in [0.15, 0.2) is 59.1 Å². The van der Waals surface area contributed by atoms with Crippen LogP contribution >= 0.6 is 0 Å². The first-order valence-electron chi connectivity index (χ1n) is 14.6. The molecule has 2 unspecified atom stereocenters. The van der Waals surface area contributed by atoms with Gasteiger partial charge in [-0.2, -0.15) is 0 Å². The number of carbonyl (C=O) groups excluding carboxylic acids is 4. The summed E-state index contributed by atoms with van der Waals surface area (Å²) in [5.74, 6) is -6.85. The Hall–Kier alpha value is -5.00. The van der Waals surface area contributed by atoms with E-state index >= 15 is 0 Å². The highest BCUT2D eigenvalue weighted by Crippen LogP contribution is 2.43. The highest BCUT2D eigenvalue weighted by atomic mass is 16.5. The maximum atomic E-state index is 13.9. The fraction of sp³-hybridized carbons (Fsp3) is 0.412. The number of aliphatic hydroxyl groups is 2. The van der Waals surface area contributed by atoms with Crippen molar-refractivity contribution in [2.45, 2.75) is 64.6 Å². The third kappa shape index (κ3) is 7.79. The Morgan fingerprint density at radius 1 is 0.609 bits per heavy atom. The molecule has 0 spiro atoms. The van der Waals surface area contributed by atoms with E-state index in [9.17, 15) is 29.4 Å². The molecule has 0 aromatic heterocycles. The van der Waals surface area contributed by atoms with Gasteiger partial charge in [0.05, 0.1) is 64.6 Å². The summed E-state index contributed by atoms with van der Waals surface area (Å²) in [6.07, 6.45) is -1.31. The second kappa shape index (κ2) is 15.3. The molecular weight excluding hydrogens is 600 g/mol. The normalized spacial score (nSPS) is 14.7. The summed E-state index contributed by atoms with van der Waals surface area (Å²) in [6, 6.07) is 9.25. The van der Waals surface area contributed by atoms with Crippen LogP contribution in [0.2, 0.25) is 0 Å². The minimum absolute atomic E-state index is 0.188. The molecule has 0 radical (unpaired) electrons. The number of hydrogen-bond acceptors (Lipinski definition) is 12. The monoisotopic (exact) mass is 640 g/mol. The van der Waals surface area contributed by atoms with Crippen LogP contribution in [0, 0.1) is 0 Å². The molecule has 2 atom stereocenters.